The molecule has 0 bridgehead atoms. The van der Waals surface area contributed by atoms with Crippen molar-refractivity contribution in [1.82, 2.24) is 9.88 Å². The Hall–Kier alpha value is 3.88. The standard InChI is InChI=1S/C20H45NP2.C8H18ClP.C8H18P.C7H17Cl2NSi.C4H8O.2CH4.2Li.H/c1-17(2,3)22(18(4,5)6)15-13-21-14-16-23(19(7,8)9)20(10,11)12;1-7(2,3)10(9)8(4,5)6;1-7(2,3)9-8(4,5)6;1-11(2,3)10(6-4-8)7-5-9;1-2-4-5-3-1;;;;;/h21H,13-16H2,1-12H3;1-6H3;1-6H3;4-7H2,1-3H3;1-4H2;2*1H4;;;/q;;-1;;;;;2*+1;-1. The molecule has 62 heavy (non-hydrogen) atoms. The summed E-state index contributed by atoms with van der Waals surface area (Å²) in [5, 5.41) is 7.00. The van der Waals surface area contributed by atoms with Gasteiger partial charge in [-0.3, -0.25) is 0 Å². The van der Waals surface area contributed by atoms with Gasteiger partial charge in [0.05, 0.1) is 0 Å². The molecule has 0 aliphatic carbocycles. The van der Waals surface area contributed by atoms with Crippen molar-refractivity contribution in [3.8, 4) is 0 Å². The number of hydrogen-bond donors (Lipinski definition) is 1. The summed E-state index contributed by atoms with van der Waals surface area (Å²) in [5.41, 5.74) is 0. The molecular weight excluding hydrogens is 905 g/mol. The van der Waals surface area contributed by atoms with Crippen molar-refractivity contribution >= 4 is 74.4 Å². The second-order valence-corrected chi connectivity index (χ2v) is 45.5. The first-order chi connectivity index (χ1) is 25.4. The van der Waals surface area contributed by atoms with Crippen molar-refractivity contribution in [2.45, 2.75) is 255 Å². The molecule has 0 radical (unpaired) electrons. The molecule has 0 aromatic rings. The van der Waals surface area contributed by atoms with Crippen LogP contribution >= 0.6 is 66.1 Å². The smallest absolute Gasteiger partial charge is 1.00 e. The third-order valence-electron chi connectivity index (χ3n) is 8.60. The van der Waals surface area contributed by atoms with E-state index in [1.165, 1.54) is 46.8 Å². The zero-order valence-electron chi connectivity index (χ0n) is 47.3. The SMILES string of the molecule is C.C.C1CCOC1.CC(C)(C)P(CCNCCP(C(C)(C)C)C(C)(C)C)C(C)(C)C.CC(C)(C)P(Cl)C(C)(C)C.CC(C)(C)[P-]C(C)(C)C.C[Si](C)(C)N(CCCl)CCCl.[H-].[Li+].[Li+]. The summed E-state index contributed by atoms with van der Waals surface area (Å²) in [6.07, 6.45) is 5.23. The number of nitrogens with one attached hydrogen (secondary N) is 1. The Bertz CT molecular complexity index is 921. The Balaban J connectivity index is -0.0000000884. The monoisotopic (exact) mass is 1020 g/mol. The van der Waals surface area contributed by atoms with Gasteiger partial charge in [-0.1, -0.05) is 228 Å². The van der Waals surface area contributed by atoms with Crippen LogP contribution in [0.4, 0.5) is 0 Å². The average molecular weight is 1020 g/mol. The molecule has 0 amide bonds. The molecule has 0 atom stereocenters. The van der Waals surface area contributed by atoms with E-state index < -0.39 is 15.5 Å². The molecule has 0 aromatic heterocycles. The molecule has 1 saturated heterocycles. The number of alkyl halides is 2. The van der Waals surface area contributed by atoms with Crippen LogP contribution in [0.3, 0.4) is 0 Å². The zero-order valence-corrected chi connectivity index (χ0v) is 53.1. The number of nitrogens with zero attached hydrogens (tertiary/aromatic N) is 1. The maximum absolute atomic E-state index is 6.30. The van der Waals surface area contributed by atoms with Gasteiger partial charge in [0, 0.05) is 45.3 Å². The maximum Gasteiger partial charge on any atom is 1.00 e. The molecule has 0 aromatic carbocycles. The van der Waals surface area contributed by atoms with Gasteiger partial charge in [-0.05, 0) is 69.2 Å². The van der Waals surface area contributed by atoms with E-state index in [1.54, 1.807) is 0 Å². The van der Waals surface area contributed by atoms with Crippen LogP contribution in [0, 0.1) is 0 Å². The van der Waals surface area contributed by atoms with Crippen LogP contribution in [0.25, 0.3) is 0 Å². The Kier molecular flexibility index (Phi) is 49.1. The summed E-state index contributed by atoms with van der Waals surface area (Å²) in [5.74, 6) is 1.42. The van der Waals surface area contributed by atoms with Gasteiger partial charge in [0.2, 0.25) is 0 Å². The minimum atomic E-state index is -1.16. The molecule has 1 aliphatic heterocycles. The van der Waals surface area contributed by atoms with E-state index in [2.05, 4.69) is 196 Å². The fourth-order valence-electron chi connectivity index (χ4n) is 7.37. The van der Waals surface area contributed by atoms with Crippen molar-refractivity contribution in [3.05, 3.63) is 0 Å². The summed E-state index contributed by atoms with van der Waals surface area (Å²) < 4.78 is 7.37. The van der Waals surface area contributed by atoms with Crippen molar-refractivity contribution in [3.63, 3.8) is 0 Å². The van der Waals surface area contributed by atoms with E-state index >= 15 is 0 Å². The molecule has 3 nitrogen and oxygen atoms in total. The van der Waals surface area contributed by atoms with Crippen LogP contribution < -0.4 is 43.0 Å². The average Bonchev–Trinajstić information content (AvgIpc) is 3.51. The topological polar surface area (TPSA) is 24.5 Å². The second kappa shape index (κ2) is 36.7. The number of ether oxygens (including phenoxy) is 1. The van der Waals surface area contributed by atoms with Gasteiger partial charge in [0.25, 0.3) is 0 Å². The third kappa shape index (κ3) is 50.3. The molecule has 1 aliphatic rings. The van der Waals surface area contributed by atoms with Crippen molar-refractivity contribution in [1.29, 1.82) is 0 Å². The van der Waals surface area contributed by atoms with E-state index in [-0.39, 0.29) is 80.2 Å². The van der Waals surface area contributed by atoms with Crippen LogP contribution in [-0.4, -0.2) is 118 Å². The Labute approximate surface area is 442 Å². The summed E-state index contributed by atoms with van der Waals surface area (Å²) in [6.45, 7) is 69.2. The molecule has 374 valence electrons. The maximum atomic E-state index is 6.30. The van der Waals surface area contributed by atoms with E-state index in [1.807, 2.05) is 0 Å². The zero-order chi connectivity index (χ0) is 47.4. The summed E-state index contributed by atoms with van der Waals surface area (Å²) >= 11 is 17.6. The largest absolute Gasteiger partial charge is 1.00 e. The fraction of sp³-hybridized carbons (Fsp3) is 1.00. The van der Waals surface area contributed by atoms with Crippen molar-refractivity contribution < 1.29 is 43.9 Å². The Morgan fingerprint density at radius 2 is 0.790 bits per heavy atom. The first-order valence-electron chi connectivity index (χ1n) is 22.3. The summed E-state index contributed by atoms with van der Waals surface area (Å²) in [6, 6.07) is 0. The number of halogens is 3. The van der Waals surface area contributed by atoms with Gasteiger partial charge in [-0.2, -0.15) is 10.3 Å². The van der Waals surface area contributed by atoms with Gasteiger partial charge in [-0.25, -0.2) is 0 Å². The van der Waals surface area contributed by atoms with Crippen LogP contribution in [0.5, 0.6) is 0 Å². The Morgan fingerprint density at radius 3 is 0.903 bits per heavy atom. The molecule has 1 N–H and O–H groups in total. The molecular formula is C49H115Cl3Li2N2OP4Si. The first-order valence-corrected chi connectivity index (χ1v) is 33.0. The molecule has 13 heteroatoms. The van der Waals surface area contributed by atoms with Crippen LogP contribution in [0.2, 0.25) is 19.6 Å². The fourth-order valence-corrected chi connectivity index (χ4v) is 21.1. The van der Waals surface area contributed by atoms with E-state index in [9.17, 15) is 0 Å². The van der Waals surface area contributed by atoms with Gasteiger partial charge in [-0.15, -0.1) is 23.2 Å². The molecule has 0 saturated carbocycles. The van der Waals surface area contributed by atoms with Gasteiger partial charge in [0.1, 0.15) is 8.24 Å². The second-order valence-electron chi connectivity index (χ2n) is 24.7. The molecule has 1 heterocycles. The predicted molar refractivity (Wildman–Crippen MR) is 305 cm³/mol. The van der Waals surface area contributed by atoms with E-state index in [0.717, 1.165) is 26.3 Å². The predicted octanol–water partition coefficient (Wildman–Crippen LogP) is 13.3. The van der Waals surface area contributed by atoms with Crippen molar-refractivity contribution in [2.24, 2.45) is 0 Å². The minimum Gasteiger partial charge on any atom is -1.00 e. The van der Waals surface area contributed by atoms with Crippen LogP contribution in [-0.2, 0) is 4.74 Å². The van der Waals surface area contributed by atoms with Crippen LogP contribution in [0.15, 0.2) is 0 Å². The van der Waals surface area contributed by atoms with E-state index in [4.69, 9.17) is 39.2 Å². The molecule has 0 spiro atoms. The Morgan fingerprint density at radius 1 is 0.532 bits per heavy atom. The normalized spacial score (nSPS) is 14.0. The third-order valence-corrected chi connectivity index (χ3v) is 25.8. The number of hydrogen-bond acceptors (Lipinski definition) is 3. The van der Waals surface area contributed by atoms with Gasteiger partial charge in [0.15, 0.2) is 0 Å². The summed E-state index contributed by atoms with van der Waals surface area (Å²) in [7, 11) is 0.0237. The van der Waals surface area contributed by atoms with Crippen molar-refractivity contribution in [2.75, 3.05) is 63.5 Å². The van der Waals surface area contributed by atoms with Gasteiger partial charge >= 0.3 is 37.7 Å². The number of rotatable bonds is 11. The summed E-state index contributed by atoms with van der Waals surface area (Å²) in [4.78, 5) is 0. The van der Waals surface area contributed by atoms with Gasteiger partial charge < -0.3 is 24.6 Å². The molecule has 1 fully saturated rings. The minimum absolute atomic E-state index is 0. The molecule has 0 unspecified atom stereocenters. The van der Waals surface area contributed by atoms with Crippen LogP contribution in [0.1, 0.15) is 195 Å². The quantitative estimate of drug-likeness (QED) is 0.0966. The first kappa shape index (κ1) is 82.8. The molecule has 1 rings (SSSR count). The van der Waals surface area contributed by atoms with E-state index in [0.29, 0.717) is 42.7 Å².